The van der Waals surface area contributed by atoms with Gasteiger partial charge in [0.25, 0.3) is 10.0 Å². The van der Waals surface area contributed by atoms with Crippen LogP contribution in [0.5, 0.6) is 5.75 Å². The number of anilines is 1. The molecule has 1 unspecified atom stereocenters. The van der Waals surface area contributed by atoms with Crippen LogP contribution in [0.25, 0.3) is 0 Å². The van der Waals surface area contributed by atoms with E-state index in [4.69, 9.17) is 16.3 Å². The van der Waals surface area contributed by atoms with E-state index >= 15 is 0 Å². The van der Waals surface area contributed by atoms with Gasteiger partial charge in [-0.3, -0.25) is 13.9 Å². The fraction of sp³-hybridized carbons (Fsp3) is 0.333. The summed E-state index contributed by atoms with van der Waals surface area (Å²) in [5, 5.41) is 3.18. The van der Waals surface area contributed by atoms with Crippen LogP contribution in [0.2, 0.25) is 5.02 Å². The standard InChI is InChI=1S/C30H35ClFN3O5S/c1-6-40-27-14-10-9-13-26(27)35(41(38,39)24-17-15-23(31)16-18-24)20-28(36)34(19-22-11-7-8-12-25(22)32)21(2)29(37)33-30(3,4)5/h7-18,21H,6,19-20H2,1-5H3,(H,33,37). The van der Waals surface area contributed by atoms with Crippen molar-refractivity contribution in [3.8, 4) is 5.75 Å². The lowest BCUT2D eigenvalue weighted by molar-refractivity contribution is -0.140. The first-order valence-electron chi connectivity index (χ1n) is 13.1. The molecule has 1 N–H and O–H groups in total. The maximum absolute atomic E-state index is 14.7. The maximum Gasteiger partial charge on any atom is 0.264 e. The lowest BCUT2D eigenvalue weighted by Crippen LogP contribution is -2.54. The number of halogens is 2. The van der Waals surface area contributed by atoms with Gasteiger partial charge >= 0.3 is 0 Å². The molecule has 0 saturated heterocycles. The van der Waals surface area contributed by atoms with Gasteiger partial charge in [-0.05, 0) is 77.1 Å². The number of hydrogen-bond donors (Lipinski definition) is 1. The molecule has 0 saturated carbocycles. The van der Waals surface area contributed by atoms with E-state index < -0.39 is 45.8 Å². The van der Waals surface area contributed by atoms with Crippen LogP contribution >= 0.6 is 11.6 Å². The smallest absolute Gasteiger partial charge is 0.264 e. The van der Waals surface area contributed by atoms with Crippen LogP contribution < -0.4 is 14.4 Å². The number of nitrogens with one attached hydrogen (secondary N) is 1. The monoisotopic (exact) mass is 603 g/mol. The third-order valence-corrected chi connectivity index (χ3v) is 8.10. The van der Waals surface area contributed by atoms with Crippen LogP contribution in [-0.4, -0.2) is 49.9 Å². The highest BCUT2D eigenvalue weighted by molar-refractivity contribution is 7.92. The molecular weight excluding hydrogens is 569 g/mol. The number of rotatable bonds is 11. The Morgan fingerprint density at radius 1 is 1.00 bits per heavy atom. The van der Waals surface area contributed by atoms with E-state index in [0.717, 1.165) is 4.31 Å². The van der Waals surface area contributed by atoms with Crippen LogP contribution in [0.4, 0.5) is 10.1 Å². The van der Waals surface area contributed by atoms with Gasteiger partial charge in [-0.2, -0.15) is 0 Å². The molecule has 3 rings (SSSR count). The first-order chi connectivity index (χ1) is 19.2. The minimum Gasteiger partial charge on any atom is -0.492 e. The summed E-state index contributed by atoms with van der Waals surface area (Å²) in [5.74, 6) is -1.49. The Labute approximate surface area is 246 Å². The molecule has 3 aromatic rings. The van der Waals surface area contributed by atoms with E-state index in [0.29, 0.717) is 5.02 Å². The minimum absolute atomic E-state index is 0.0971. The highest BCUT2D eigenvalue weighted by atomic mass is 35.5. The Morgan fingerprint density at radius 2 is 1.61 bits per heavy atom. The van der Waals surface area contributed by atoms with Crippen molar-refractivity contribution in [2.24, 2.45) is 0 Å². The molecule has 0 aliphatic heterocycles. The van der Waals surface area contributed by atoms with Gasteiger partial charge in [-0.15, -0.1) is 0 Å². The zero-order chi connectivity index (χ0) is 30.4. The predicted octanol–water partition coefficient (Wildman–Crippen LogP) is 5.41. The predicted molar refractivity (Wildman–Crippen MR) is 158 cm³/mol. The molecule has 0 aromatic heterocycles. The van der Waals surface area contributed by atoms with Crippen molar-refractivity contribution in [2.45, 2.75) is 57.6 Å². The number of ether oxygens (including phenoxy) is 1. The Hall–Kier alpha value is -3.63. The van der Waals surface area contributed by atoms with Gasteiger partial charge in [-0.1, -0.05) is 41.9 Å². The van der Waals surface area contributed by atoms with Crippen LogP contribution in [0.3, 0.4) is 0 Å². The lowest BCUT2D eigenvalue weighted by Gasteiger charge is -2.33. The largest absolute Gasteiger partial charge is 0.492 e. The SMILES string of the molecule is CCOc1ccccc1N(CC(=O)N(Cc1ccccc1F)C(C)C(=O)NC(C)(C)C)S(=O)(=O)c1ccc(Cl)cc1. The molecule has 3 aromatic carbocycles. The van der Waals surface area contributed by atoms with Crippen molar-refractivity contribution in [1.82, 2.24) is 10.2 Å². The Morgan fingerprint density at radius 3 is 2.22 bits per heavy atom. The molecule has 0 spiro atoms. The topological polar surface area (TPSA) is 96.0 Å². The van der Waals surface area contributed by atoms with Gasteiger partial charge in [0.05, 0.1) is 17.2 Å². The molecule has 0 heterocycles. The molecular formula is C30H35ClFN3O5S. The number of para-hydroxylation sites is 2. The number of hydrogen-bond acceptors (Lipinski definition) is 5. The van der Waals surface area contributed by atoms with Crippen molar-refractivity contribution in [3.63, 3.8) is 0 Å². The third-order valence-electron chi connectivity index (χ3n) is 6.08. The van der Waals surface area contributed by atoms with Gasteiger partial charge in [0.2, 0.25) is 11.8 Å². The van der Waals surface area contributed by atoms with E-state index in [1.165, 1.54) is 60.4 Å². The summed E-state index contributed by atoms with van der Waals surface area (Å²) in [5.41, 5.74) is -0.285. The van der Waals surface area contributed by atoms with E-state index in [9.17, 15) is 22.4 Å². The van der Waals surface area contributed by atoms with Gasteiger partial charge in [0, 0.05) is 22.7 Å². The van der Waals surface area contributed by atoms with E-state index in [-0.39, 0.29) is 35.0 Å². The summed E-state index contributed by atoms with van der Waals surface area (Å²) in [6, 6.07) is 16.9. The normalized spacial score (nSPS) is 12.4. The number of sulfonamides is 1. The summed E-state index contributed by atoms with van der Waals surface area (Å²) in [7, 11) is -4.32. The number of carbonyl (C=O) groups is 2. The highest BCUT2D eigenvalue weighted by Gasteiger charge is 2.34. The Balaban J connectivity index is 2.10. The molecule has 0 aliphatic carbocycles. The number of amides is 2. The Bertz CT molecular complexity index is 1480. The summed E-state index contributed by atoms with van der Waals surface area (Å²) in [6.45, 7) is 7.98. The number of benzene rings is 3. The summed E-state index contributed by atoms with van der Waals surface area (Å²) in [6.07, 6.45) is 0. The molecule has 0 fully saturated rings. The highest BCUT2D eigenvalue weighted by Crippen LogP contribution is 2.33. The average Bonchev–Trinajstić information content (AvgIpc) is 2.90. The zero-order valence-corrected chi connectivity index (χ0v) is 25.3. The van der Waals surface area contributed by atoms with Crippen LogP contribution in [0.1, 0.15) is 40.2 Å². The summed E-state index contributed by atoms with van der Waals surface area (Å²) >= 11 is 5.99. The maximum atomic E-state index is 14.7. The van der Waals surface area contributed by atoms with Crippen molar-refractivity contribution in [2.75, 3.05) is 17.5 Å². The van der Waals surface area contributed by atoms with Crippen molar-refractivity contribution < 1.29 is 27.1 Å². The second-order valence-corrected chi connectivity index (χ2v) is 12.7. The second-order valence-electron chi connectivity index (χ2n) is 10.4. The number of carbonyl (C=O) groups excluding carboxylic acids is 2. The van der Waals surface area contributed by atoms with E-state index in [2.05, 4.69) is 5.32 Å². The Kier molecular flexibility index (Phi) is 10.4. The van der Waals surface area contributed by atoms with Gasteiger partial charge in [0.15, 0.2) is 0 Å². The summed E-state index contributed by atoms with van der Waals surface area (Å²) < 4.78 is 49.3. The molecule has 8 nitrogen and oxygen atoms in total. The van der Waals surface area contributed by atoms with Crippen LogP contribution in [0, 0.1) is 5.82 Å². The molecule has 220 valence electrons. The molecule has 0 radical (unpaired) electrons. The first-order valence-corrected chi connectivity index (χ1v) is 14.9. The molecule has 1 atom stereocenters. The van der Waals surface area contributed by atoms with Crippen molar-refractivity contribution >= 4 is 39.1 Å². The zero-order valence-electron chi connectivity index (χ0n) is 23.7. The number of nitrogens with zero attached hydrogens (tertiary/aromatic N) is 2. The first kappa shape index (κ1) is 31.9. The fourth-order valence-corrected chi connectivity index (χ4v) is 5.61. The van der Waals surface area contributed by atoms with Gasteiger partial charge in [0.1, 0.15) is 24.2 Å². The van der Waals surface area contributed by atoms with E-state index in [1.54, 1.807) is 52.0 Å². The quantitative estimate of drug-likeness (QED) is 0.316. The average molecular weight is 604 g/mol. The lowest BCUT2D eigenvalue weighted by atomic mass is 10.1. The van der Waals surface area contributed by atoms with Crippen molar-refractivity contribution in [3.05, 3.63) is 89.2 Å². The second kappa shape index (κ2) is 13.4. The van der Waals surface area contributed by atoms with Gasteiger partial charge in [-0.25, -0.2) is 12.8 Å². The molecule has 11 heteroatoms. The van der Waals surface area contributed by atoms with Crippen LogP contribution in [-0.2, 0) is 26.2 Å². The minimum atomic E-state index is -4.32. The molecule has 0 bridgehead atoms. The van der Waals surface area contributed by atoms with E-state index in [1.807, 2.05) is 0 Å². The molecule has 41 heavy (non-hydrogen) atoms. The fourth-order valence-electron chi connectivity index (χ4n) is 4.05. The molecule has 0 aliphatic rings. The van der Waals surface area contributed by atoms with Crippen molar-refractivity contribution in [1.29, 1.82) is 0 Å². The van der Waals surface area contributed by atoms with Crippen LogP contribution in [0.15, 0.2) is 77.7 Å². The van der Waals surface area contributed by atoms with Gasteiger partial charge < -0.3 is 15.0 Å². The third kappa shape index (κ3) is 8.20. The summed E-state index contributed by atoms with van der Waals surface area (Å²) in [4.78, 5) is 28.2. The molecule has 2 amide bonds.